The van der Waals surface area contributed by atoms with Crippen molar-refractivity contribution in [1.82, 2.24) is 19.7 Å². The number of nitrogens with one attached hydrogen (secondary N) is 2. The Bertz CT molecular complexity index is 1120. The number of aryl methyl sites for hydroxylation is 2. The van der Waals surface area contributed by atoms with E-state index in [9.17, 15) is 4.79 Å². The van der Waals surface area contributed by atoms with Crippen LogP contribution in [0.5, 0.6) is 11.6 Å². The summed E-state index contributed by atoms with van der Waals surface area (Å²) in [4.78, 5) is 16.2. The molecule has 0 atom stereocenters. The minimum absolute atomic E-state index is 0.311. The Labute approximate surface area is 173 Å². The van der Waals surface area contributed by atoms with E-state index in [2.05, 4.69) is 31.9 Å². The van der Waals surface area contributed by atoms with E-state index >= 15 is 0 Å². The van der Waals surface area contributed by atoms with E-state index in [-0.39, 0.29) is 6.03 Å². The van der Waals surface area contributed by atoms with Gasteiger partial charge < -0.3 is 15.4 Å². The van der Waals surface area contributed by atoms with Crippen molar-refractivity contribution in [1.29, 1.82) is 0 Å². The summed E-state index contributed by atoms with van der Waals surface area (Å²) in [5.41, 5.74) is 3.58. The summed E-state index contributed by atoms with van der Waals surface area (Å²) in [6, 6.07) is 16.1. The molecule has 2 N–H and O–H groups in total. The molecule has 2 heterocycles. The molecule has 0 saturated heterocycles. The van der Waals surface area contributed by atoms with Crippen LogP contribution in [0.2, 0.25) is 0 Å². The lowest BCUT2D eigenvalue weighted by Crippen LogP contribution is -2.19. The average Bonchev–Trinajstić information content (AvgIpc) is 3.24. The summed E-state index contributed by atoms with van der Waals surface area (Å²) in [6.07, 6.45) is 5.10. The molecule has 0 saturated carbocycles. The Balaban J connectivity index is 1.35. The number of anilines is 2. The van der Waals surface area contributed by atoms with Crippen molar-refractivity contribution in [2.75, 3.05) is 10.6 Å². The van der Waals surface area contributed by atoms with Gasteiger partial charge in [-0.05, 0) is 67.4 Å². The number of carbonyl (C=O) groups excluding carboxylic acids is 1. The number of imidazole rings is 1. The summed E-state index contributed by atoms with van der Waals surface area (Å²) in [5.74, 6) is 1.60. The van der Waals surface area contributed by atoms with E-state index < -0.39 is 0 Å². The van der Waals surface area contributed by atoms with Crippen LogP contribution >= 0.6 is 0 Å². The van der Waals surface area contributed by atoms with E-state index in [0.29, 0.717) is 23.1 Å². The van der Waals surface area contributed by atoms with Crippen molar-refractivity contribution in [3.8, 4) is 17.4 Å². The molecule has 2 aromatic carbocycles. The second-order valence-corrected chi connectivity index (χ2v) is 6.78. The fourth-order valence-corrected chi connectivity index (χ4v) is 2.97. The Hall–Kier alpha value is -4.20. The van der Waals surface area contributed by atoms with Crippen molar-refractivity contribution in [3.05, 3.63) is 84.4 Å². The van der Waals surface area contributed by atoms with Gasteiger partial charge in [0.15, 0.2) is 5.82 Å². The monoisotopic (exact) mass is 400 g/mol. The molecule has 8 nitrogen and oxygen atoms in total. The summed E-state index contributed by atoms with van der Waals surface area (Å²) in [6.45, 7) is 3.98. The Kier molecular flexibility index (Phi) is 5.38. The van der Waals surface area contributed by atoms with Crippen LogP contribution in [0.15, 0.2) is 73.3 Å². The molecular weight excluding hydrogens is 380 g/mol. The van der Waals surface area contributed by atoms with Gasteiger partial charge in [0.25, 0.3) is 0 Å². The molecule has 150 valence electrons. The Morgan fingerprint density at radius 3 is 2.27 bits per heavy atom. The highest BCUT2D eigenvalue weighted by atomic mass is 16.5. The molecule has 2 aromatic heterocycles. The number of carbonyl (C=O) groups is 1. The lowest BCUT2D eigenvalue weighted by atomic mass is 10.1. The van der Waals surface area contributed by atoms with Crippen molar-refractivity contribution >= 4 is 17.4 Å². The smallest absolute Gasteiger partial charge is 0.323 e. The van der Waals surface area contributed by atoms with E-state index in [0.717, 1.165) is 16.8 Å². The first kappa shape index (κ1) is 19.1. The van der Waals surface area contributed by atoms with Gasteiger partial charge in [0.2, 0.25) is 5.88 Å². The molecule has 0 unspecified atom stereocenters. The quantitative estimate of drug-likeness (QED) is 0.506. The molecule has 30 heavy (non-hydrogen) atoms. The third-order valence-electron chi connectivity index (χ3n) is 4.21. The minimum atomic E-state index is -0.311. The van der Waals surface area contributed by atoms with Crippen LogP contribution in [0.1, 0.15) is 11.1 Å². The average molecular weight is 400 g/mol. The maximum Gasteiger partial charge on any atom is 0.323 e. The molecular formula is C22H20N6O2. The van der Waals surface area contributed by atoms with Gasteiger partial charge in [0.1, 0.15) is 12.1 Å². The van der Waals surface area contributed by atoms with Crippen LogP contribution in [0.25, 0.3) is 5.82 Å². The Morgan fingerprint density at radius 2 is 1.63 bits per heavy atom. The Morgan fingerprint density at radius 1 is 0.900 bits per heavy atom. The van der Waals surface area contributed by atoms with Crippen LogP contribution in [-0.2, 0) is 0 Å². The van der Waals surface area contributed by atoms with Gasteiger partial charge in [-0.2, -0.15) is 0 Å². The summed E-state index contributed by atoms with van der Waals surface area (Å²) < 4.78 is 7.46. The van der Waals surface area contributed by atoms with Crippen molar-refractivity contribution in [3.63, 3.8) is 0 Å². The zero-order valence-electron chi connectivity index (χ0n) is 16.5. The number of hydrogen-bond acceptors (Lipinski definition) is 5. The highest BCUT2D eigenvalue weighted by Crippen LogP contribution is 2.22. The van der Waals surface area contributed by atoms with E-state index in [1.54, 1.807) is 59.7 Å². The predicted molar refractivity (Wildman–Crippen MR) is 114 cm³/mol. The van der Waals surface area contributed by atoms with Crippen LogP contribution in [0.4, 0.5) is 16.2 Å². The van der Waals surface area contributed by atoms with Crippen LogP contribution < -0.4 is 15.4 Å². The van der Waals surface area contributed by atoms with E-state index in [1.165, 1.54) is 0 Å². The number of urea groups is 1. The third kappa shape index (κ3) is 4.79. The van der Waals surface area contributed by atoms with Crippen LogP contribution in [-0.4, -0.2) is 25.8 Å². The highest BCUT2D eigenvalue weighted by molar-refractivity contribution is 5.99. The number of nitrogens with zero attached hydrogens (tertiary/aromatic N) is 4. The maximum absolute atomic E-state index is 12.2. The first-order valence-corrected chi connectivity index (χ1v) is 9.31. The van der Waals surface area contributed by atoms with Gasteiger partial charge in [-0.1, -0.05) is 6.07 Å². The molecule has 0 radical (unpaired) electrons. The van der Waals surface area contributed by atoms with Gasteiger partial charge in [-0.15, -0.1) is 10.2 Å². The summed E-state index contributed by atoms with van der Waals surface area (Å²) in [7, 11) is 0. The molecule has 8 heteroatoms. The topological polar surface area (TPSA) is 94.0 Å². The zero-order valence-corrected chi connectivity index (χ0v) is 16.5. The molecule has 4 rings (SSSR count). The first-order chi connectivity index (χ1) is 14.5. The molecule has 0 aliphatic rings. The number of amides is 2. The second-order valence-electron chi connectivity index (χ2n) is 6.78. The van der Waals surface area contributed by atoms with Crippen molar-refractivity contribution in [2.24, 2.45) is 0 Å². The fraction of sp³-hybridized carbons (Fsp3) is 0.0909. The fourth-order valence-electron chi connectivity index (χ4n) is 2.97. The number of rotatable bonds is 5. The minimum Gasteiger partial charge on any atom is -0.438 e. The number of ether oxygens (including phenoxy) is 1. The summed E-state index contributed by atoms with van der Waals surface area (Å²) in [5, 5.41) is 13.8. The van der Waals surface area contributed by atoms with E-state index in [1.807, 2.05) is 26.0 Å². The number of benzene rings is 2. The zero-order chi connectivity index (χ0) is 20.9. The van der Waals surface area contributed by atoms with Crippen molar-refractivity contribution in [2.45, 2.75) is 13.8 Å². The molecule has 0 aliphatic heterocycles. The van der Waals surface area contributed by atoms with E-state index in [4.69, 9.17) is 4.74 Å². The molecule has 0 bridgehead atoms. The second kappa shape index (κ2) is 8.44. The largest absolute Gasteiger partial charge is 0.438 e. The summed E-state index contributed by atoms with van der Waals surface area (Å²) >= 11 is 0. The molecule has 0 spiro atoms. The van der Waals surface area contributed by atoms with Crippen molar-refractivity contribution < 1.29 is 9.53 Å². The SMILES string of the molecule is Cc1cc(C)cc(NC(=O)Nc2ccc(Oc3ccc(-n4ccnc4)nn3)cc2)c1. The van der Waals surface area contributed by atoms with Crippen LogP contribution in [0, 0.1) is 13.8 Å². The van der Waals surface area contributed by atoms with Gasteiger partial charge in [-0.3, -0.25) is 4.57 Å². The highest BCUT2D eigenvalue weighted by Gasteiger charge is 2.06. The number of hydrogen-bond donors (Lipinski definition) is 2. The first-order valence-electron chi connectivity index (χ1n) is 9.31. The molecule has 0 aliphatic carbocycles. The van der Waals surface area contributed by atoms with Gasteiger partial charge in [0, 0.05) is 29.8 Å². The van der Waals surface area contributed by atoms with Gasteiger partial charge >= 0.3 is 6.03 Å². The van der Waals surface area contributed by atoms with Crippen LogP contribution in [0.3, 0.4) is 0 Å². The molecule has 2 amide bonds. The third-order valence-corrected chi connectivity index (χ3v) is 4.21. The predicted octanol–water partition coefficient (Wildman–Crippen LogP) is 4.72. The molecule has 4 aromatic rings. The lowest BCUT2D eigenvalue weighted by Gasteiger charge is -2.10. The standard InChI is InChI=1S/C22H20N6O2/c1-15-11-16(2)13-18(12-15)25-22(29)24-17-3-5-19(6-4-17)30-21-8-7-20(26-27-21)28-10-9-23-14-28/h3-14H,1-2H3,(H2,24,25,29). The maximum atomic E-state index is 12.2. The lowest BCUT2D eigenvalue weighted by molar-refractivity contribution is 0.262. The normalized spacial score (nSPS) is 10.5. The number of aromatic nitrogens is 4. The van der Waals surface area contributed by atoms with Gasteiger partial charge in [0.05, 0.1) is 0 Å². The van der Waals surface area contributed by atoms with Gasteiger partial charge in [-0.25, -0.2) is 9.78 Å². The molecule has 0 fully saturated rings.